The number of fused-ring (bicyclic) bond motifs is 4. The van der Waals surface area contributed by atoms with Crippen LogP contribution in [-0.2, 0) is 0 Å². The number of thioether (sulfide) groups is 1. The number of benzene rings is 6. The van der Waals surface area contributed by atoms with Crippen molar-refractivity contribution in [3.8, 4) is 16.8 Å². The number of aromatic nitrogens is 1. The first-order valence-corrected chi connectivity index (χ1v) is 17.8. The molecule has 0 bridgehead atoms. The predicted molar refractivity (Wildman–Crippen MR) is 212 cm³/mol. The lowest BCUT2D eigenvalue weighted by atomic mass is 10.0. The molecular weight excluding hydrogens is 654 g/mol. The monoisotopic (exact) mass is 691 g/mol. The van der Waals surface area contributed by atoms with Gasteiger partial charge in [0.25, 0.3) is 0 Å². The van der Waals surface area contributed by atoms with Gasteiger partial charge in [0.15, 0.2) is 0 Å². The van der Waals surface area contributed by atoms with Gasteiger partial charge in [-0.3, -0.25) is 0 Å². The predicted octanol–water partition coefficient (Wildman–Crippen LogP) is 13.9. The Balaban J connectivity index is 0.000000499. The lowest BCUT2D eigenvalue weighted by Gasteiger charge is -2.13. The Morgan fingerprint density at radius 3 is 2.13 bits per heavy atom. The Morgan fingerprint density at radius 2 is 1.36 bits per heavy atom. The first-order chi connectivity index (χ1) is 23.1. The van der Waals surface area contributed by atoms with Crippen molar-refractivity contribution in [2.45, 2.75) is 32.1 Å². The molecule has 47 heavy (non-hydrogen) atoms. The van der Waals surface area contributed by atoms with Crippen LogP contribution < -0.4 is 0 Å². The Kier molecular flexibility index (Phi) is 10.6. The molecule has 0 fully saturated rings. The SMILES string of the molecule is C/C=C\C=C/CC.Cc1cc(-c2ccc3c(c2)c2ccccc2n3-c2ccccc2)ccc1SC(=CBr)c1cccc2ccccc12. The normalized spacial score (nSPS) is 12.0. The highest BCUT2D eigenvalue weighted by atomic mass is 79.9. The molecule has 0 unspecified atom stereocenters. The highest BCUT2D eigenvalue weighted by Gasteiger charge is 2.14. The third-order valence-corrected chi connectivity index (χ3v) is 10.2. The minimum absolute atomic E-state index is 1.13. The molecule has 7 aromatic rings. The molecule has 0 N–H and O–H groups in total. The summed E-state index contributed by atoms with van der Waals surface area (Å²) in [6, 6.07) is 48.1. The first-order valence-electron chi connectivity index (χ1n) is 16.1. The molecule has 1 heterocycles. The van der Waals surface area contributed by atoms with Crippen molar-refractivity contribution in [2.24, 2.45) is 0 Å². The van der Waals surface area contributed by atoms with Crippen molar-refractivity contribution in [1.82, 2.24) is 4.57 Å². The Morgan fingerprint density at radius 1 is 0.681 bits per heavy atom. The molecule has 3 heteroatoms. The molecular formula is C44H38BrNS. The summed E-state index contributed by atoms with van der Waals surface area (Å²) in [5, 5.41) is 5.06. The van der Waals surface area contributed by atoms with Crippen LogP contribution in [0.4, 0.5) is 0 Å². The molecule has 6 aromatic carbocycles. The molecule has 1 nitrogen and oxygen atoms in total. The summed E-state index contributed by atoms with van der Waals surface area (Å²) in [5.74, 6) is 0. The van der Waals surface area contributed by atoms with Gasteiger partial charge in [0.05, 0.1) is 11.0 Å². The Bertz CT molecular complexity index is 2230. The third kappa shape index (κ3) is 7.07. The molecule has 0 aliphatic rings. The van der Waals surface area contributed by atoms with Crippen LogP contribution >= 0.6 is 27.7 Å². The average Bonchev–Trinajstić information content (AvgIpc) is 3.45. The van der Waals surface area contributed by atoms with E-state index in [1.807, 2.05) is 24.1 Å². The summed E-state index contributed by atoms with van der Waals surface area (Å²) < 4.78 is 2.36. The van der Waals surface area contributed by atoms with Crippen LogP contribution in [0.5, 0.6) is 0 Å². The molecule has 0 atom stereocenters. The van der Waals surface area contributed by atoms with Crippen molar-refractivity contribution in [3.05, 3.63) is 174 Å². The van der Waals surface area contributed by atoms with Crippen LogP contribution in [0.2, 0.25) is 0 Å². The minimum Gasteiger partial charge on any atom is -0.309 e. The van der Waals surface area contributed by atoms with Crippen molar-refractivity contribution < 1.29 is 0 Å². The highest BCUT2D eigenvalue weighted by molar-refractivity contribution is 9.11. The van der Waals surface area contributed by atoms with E-state index >= 15 is 0 Å². The van der Waals surface area contributed by atoms with E-state index in [2.05, 4.69) is 180 Å². The van der Waals surface area contributed by atoms with E-state index in [-0.39, 0.29) is 0 Å². The molecule has 0 saturated carbocycles. The number of hydrogen-bond acceptors (Lipinski definition) is 1. The Labute approximate surface area is 291 Å². The standard InChI is InChI=1S/C37H26BrNS.C7H12/c1-25-22-27(19-21-36(25)40-37(24-38)32-16-9-11-26-10-5-6-14-30(26)32)28-18-20-35-33(23-28)31-15-7-8-17-34(31)39(35)29-12-3-2-4-13-29;1-3-5-7-6-4-2/h2-24H,1H3;3,5-7H,4H2,1-2H3/b;5-3-,7-6-. The van der Waals surface area contributed by atoms with Gasteiger partial charge in [-0.2, -0.15) is 0 Å². The fraction of sp³-hybridized carbons (Fsp3) is 0.0909. The van der Waals surface area contributed by atoms with E-state index in [0.29, 0.717) is 0 Å². The van der Waals surface area contributed by atoms with Crippen LogP contribution in [0, 0.1) is 6.92 Å². The summed E-state index contributed by atoms with van der Waals surface area (Å²) in [6.07, 6.45) is 9.36. The molecule has 0 saturated heterocycles. The molecule has 0 aliphatic heterocycles. The Hall–Kier alpha value is -4.57. The van der Waals surface area contributed by atoms with E-state index in [4.69, 9.17) is 0 Å². The summed E-state index contributed by atoms with van der Waals surface area (Å²) in [6.45, 7) is 6.35. The van der Waals surface area contributed by atoms with Gasteiger partial charge in [-0.15, -0.1) is 0 Å². The van der Waals surface area contributed by atoms with Gasteiger partial charge in [0.1, 0.15) is 0 Å². The van der Waals surface area contributed by atoms with Gasteiger partial charge in [-0.1, -0.05) is 156 Å². The second kappa shape index (κ2) is 15.3. The molecule has 232 valence electrons. The zero-order valence-electron chi connectivity index (χ0n) is 27.0. The van der Waals surface area contributed by atoms with E-state index < -0.39 is 0 Å². The summed E-state index contributed by atoms with van der Waals surface area (Å²) >= 11 is 5.45. The van der Waals surface area contributed by atoms with Crippen LogP contribution in [0.15, 0.2) is 168 Å². The van der Waals surface area contributed by atoms with Gasteiger partial charge in [-0.05, 0) is 94.7 Å². The van der Waals surface area contributed by atoms with Crippen molar-refractivity contribution in [1.29, 1.82) is 0 Å². The number of para-hydroxylation sites is 2. The molecule has 0 aliphatic carbocycles. The molecule has 0 radical (unpaired) electrons. The first kappa shape index (κ1) is 32.4. The quantitative estimate of drug-likeness (QED) is 0.119. The fourth-order valence-electron chi connectivity index (χ4n) is 5.97. The summed E-state index contributed by atoms with van der Waals surface area (Å²) in [7, 11) is 0. The second-order valence-electron chi connectivity index (χ2n) is 11.4. The zero-order valence-corrected chi connectivity index (χ0v) is 29.4. The van der Waals surface area contributed by atoms with Crippen molar-refractivity contribution in [2.75, 3.05) is 0 Å². The van der Waals surface area contributed by atoms with Gasteiger partial charge in [0.2, 0.25) is 0 Å². The van der Waals surface area contributed by atoms with Gasteiger partial charge in [-0.25, -0.2) is 0 Å². The molecule has 7 rings (SSSR count). The van der Waals surface area contributed by atoms with E-state index in [9.17, 15) is 0 Å². The summed E-state index contributed by atoms with van der Waals surface area (Å²) in [4.78, 5) is 4.50. The smallest absolute Gasteiger partial charge is 0.0541 e. The number of hydrogen-bond donors (Lipinski definition) is 0. The van der Waals surface area contributed by atoms with Crippen LogP contribution in [0.25, 0.3) is 54.3 Å². The lowest BCUT2D eigenvalue weighted by molar-refractivity contribution is 1.18. The lowest BCUT2D eigenvalue weighted by Crippen LogP contribution is -1.92. The van der Waals surface area contributed by atoms with E-state index in [1.54, 1.807) is 11.8 Å². The van der Waals surface area contributed by atoms with Gasteiger partial charge in [0, 0.05) is 26.3 Å². The maximum Gasteiger partial charge on any atom is 0.0541 e. The van der Waals surface area contributed by atoms with E-state index in [1.165, 1.54) is 70.3 Å². The zero-order chi connectivity index (χ0) is 32.6. The topological polar surface area (TPSA) is 4.93 Å². The second-order valence-corrected chi connectivity index (χ2v) is 12.9. The highest BCUT2D eigenvalue weighted by Crippen LogP contribution is 2.41. The molecule has 0 spiro atoms. The largest absolute Gasteiger partial charge is 0.309 e. The third-order valence-electron chi connectivity index (χ3n) is 8.24. The summed E-state index contributed by atoms with van der Waals surface area (Å²) in [5.41, 5.74) is 8.60. The fourth-order valence-corrected chi connectivity index (χ4v) is 7.42. The van der Waals surface area contributed by atoms with Crippen molar-refractivity contribution >= 4 is 65.2 Å². The number of rotatable bonds is 7. The van der Waals surface area contributed by atoms with Crippen LogP contribution in [-0.4, -0.2) is 4.57 Å². The molecule has 1 aromatic heterocycles. The van der Waals surface area contributed by atoms with Crippen LogP contribution in [0.3, 0.4) is 0 Å². The van der Waals surface area contributed by atoms with Gasteiger partial charge < -0.3 is 4.57 Å². The number of allylic oxidation sites excluding steroid dienone is 4. The number of halogens is 1. The number of aryl methyl sites for hydroxylation is 1. The maximum atomic E-state index is 3.65. The minimum atomic E-state index is 1.13. The molecule has 0 amide bonds. The van der Waals surface area contributed by atoms with Crippen LogP contribution in [0.1, 0.15) is 31.4 Å². The number of nitrogens with zero attached hydrogens (tertiary/aromatic N) is 1. The van der Waals surface area contributed by atoms with E-state index in [0.717, 1.165) is 6.42 Å². The van der Waals surface area contributed by atoms with Gasteiger partial charge >= 0.3 is 0 Å². The maximum absolute atomic E-state index is 3.65. The van der Waals surface area contributed by atoms with Crippen molar-refractivity contribution in [3.63, 3.8) is 0 Å². The average molecular weight is 693 g/mol.